The summed E-state index contributed by atoms with van der Waals surface area (Å²) in [6.45, 7) is 8.46. The van der Waals surface area contributed by atoms with E-state index in [1.807, 2.05) is 20.8 Å². The summed E-state index contributed by atoms with van der Waals surface area (Å²) in [5, 5.41) is 7.55. The molecule has 0 aromatic heterocycles. The zero-order valence-corrected chi connectivity index (χ0v) is 11.5. The zero-order valence-electron chi connectivity index (χ0n) is 11.5. The smallest absolute Gasteiger partial charge is 0.410 e. The molecule has 1 unspecified atom stereocenters. The van der Waals surface area contributed by atoms with Crippen LogP contribution in [-0.4, -0.2) is 60.1 Å². The molecule has 3 N–H and O–H groups in total. The molecule has 0 aromatic rings. The highest BCUT2D eigenvalue weighted by atomic mass is 16.6. The van der Waals surface area contributed by atoms with Crippen molar-refractivity contribution in [1.29, 1.82) is 5.41 Å². The summed E-state index contributed by atoms with van der Waals surface area (Å²) in [6.07, 6.45) is 0.489. The number of nitrogens with zero attached hydrogens (tertiary/aromatic N) is 2. The lowest BCUT2D eigenvalue weighted by atomic mass is 10.1. The lowest BCUT2D eigenvalue weighted by Gasteiger charge is -2.38. The maximum absolute atomic E-state index is 11.7. The van der Waals surface area contributed by atoms with Crippen molar-refractivity contribution in [3.05, 3.63) is 0 Å². The van der Waals surface area contributed by atoms with Crippen molar-refractivity contribution in [3.8, 4) is 0 Å². The van der Waals surface area contributed by atoms with Crippen LogP contribution in [0.15, 0.2) is 0 Å². The van der Waals surface area contributed by atoms with Crippen LogP contribution in [0.1, 0.15) is 27.2 Å². The molecule has 18 heavy (non-hydrogen) atoms. The molecule has 1 aliphatic rings. The Bertz CT molecular complexity index is 298. The number of rotatable bonds is 4. The molecule has 1 heterocycles. The highest BCUT2D eigenvalue weighted by molar-refractivity contribution is 5.82. The van der Waals surface area contributed by atoms with Gasteiger partial charge >= 0.3 is 6.09 Å². The maximum atomic E-state index is 11.7. The van der Waals surface area contributed by atoms with Crippen LogP contribution in [0.4, 0.5) is 4.79 Å². The van der Waals surface area contributed by atoms with Crippen LogP contribution in [0.2, 0.25) is 0 Å². The average molecular weight is 256 g/mol. The van der Waals surface area contributed by atoms with Crippen LogP contribution in [0.5, 0.6) is 0 Å². The van der Waals surface area contributed by atoms with E-state index in [0.717, 1.165) is 19.5 Å². The van der Waals surface area contributed by atoms with Crippen molar-refractivity contribution < 1.29 is 9.53 Å². The number of hydrogen-bond acceptors (Lipinski definition) is 4. The van der Waals surface area contributed by atoms with E-state index < -0.39 is 0 Å². The van der Waals surface area contributed by atoms with Gasteiger partial charge in [0.15, 0.2) is 0 Å². The third kappa shape index (κ3) is 3.87. The second-order valence-electron chi connectivity index (χ2n) is 4.83. The Hall–Kier alpha value is -1.30. The summed E-state index contributed by atoms with van der Waals surface area (Å²) in [4.78, 5) is 15.6. The topological polar surface area (TPSA) is 82.7 Å². The second-order valence-corrected chi connectivity index (χ2v) is 4.83. The van der Waals surface area contributed by atoms with E-state index in [1.54, 1.807) is 4.90 Å². The zero-order chi connectivity index (χ0) is 13.7. The summed E-state index contributed by atoms with van der Waals surface area (Å²) in [7, 11) is 0. The number of nitrogens with two attached hydrogens (primary N) is 1. The Morgan fingerprint density at radius 3 is 2.28 bits per heavy atom. The number of carbonyl (C=O) groups excluding carboxylic acids is 1. The van der Waals surface area contributed by atoms with E-state index in [0.29, 0.717) is 13.1 Å². The van der Waals surface area contributed by atoms with Gasteiger partial charge in [-0.1, -0.05) is 6.92 Å². The summed E-state index contributed by atoms with van der Waals surface area (Å²) in [5.41, 5.74) is 5.57. The second kappa shape index (κ2) is 6.58. The first-order valence-corrected chi connectivity index (χ1v) is 6.49. The summed E-state index contributed by atoms with van der Waals surface area (Å²) in [5.74, 6) is 0.204. The van der Waals surface area contributed by atoms with Gasteiger partial charge in [-0.25, -0.2) is 4.79 Å². The van der Waals surface area contributed by atoms with Crippen molar-refractivity contribution in [3.63, 3.8) is 0 Å². The maximum Gasteiger partial charge on any atom is 0.410 e. The van der Waals surface area contributed by atoms with Crippen molar-refractivity contribution in [2.75, 3.05) is 26.2 Å². The van der Waals surface area contributed by atoms with E-state index in [-0.39, 0.29) is 24.1 Å². The van der Waals surface area contributed by atoms with Gasteiger partial charge in [0, 0.05) is 26.2 Å². The molecule has 0 bridgehead atoms. The molecule has 1 aliphatic heterocycles. The fourth-order valence-electron chi connectivity index (χ4n) is 2.17. The minimum absolute atomic E-state index is 0.00623. The van der Waals surface area contributed by atoms with Crippen LogP contribution in [-0.2, 0) is 4.74 Å². The molecule has 6 heteroatoms. The van der Waals surface area contributed by atoms with Gasteiger partial charge in [-0.15, -0.1) is 0 Å². The number of amides is 1. The highest BCUT2D eigenvalue weighted by Crippen LogP contribution is 2.10. The quantitative estimate of drug-likeness (QED) is 0.577. The van der Waals surface area contributed by atoms with Gasteiger partial charge in [0.1, 0.15) is 5.84 Å². The monoisotopic (exact) mass is 256 g/mol. The fourth-order valence-corrected chi connectivity index (χ4v) is 2.17. The molecule has 0 radical (unpaired) electrons. The van der Waals surface area contributed by atoms with Gasteiger partial charge in [-0.3, -0.25) is 10.3 Å². The first-order valence-electron chi connectivity index (χ1n) is 6.49. The SMILES string of the molecule is CCC(C(=N)N)N1CCN(C(=O)OC(C)C)CC1. The van der Waals surface area contributed by atoms with E-state index in [1.165, 1.54) is 0 Å². The van der Waals surface area contributed by atoms with E-state index >= 15 is 0 Å². The van der Waals surface area contributed by atoms with Gasteiger partial charge in [0.25, 0.3) is 0 Å². The minimum Gasteiger partial charge on any atom is -0.447 e. The normalized spacial score (nSPS) is 18.8. The van der Waals surface area contributed by atoms with Gasteiger partial charge in [0.2, 0.25) is 0 Å². The van der Waals surface area contributed by atoms with Crippen molar-refractivity contribution >= 4 is 11.9 Å². The molecule has 0 aliphatic carbocycles. The summed E-state index contributed by atoms with van der Waals surface area (Å²) < 4.78 is 5.16. The molecule has 6 nitrogen and oxygen atoms in total. The lowest BCUT2D eigenvalue weighted by Crippen LogP contribution is -2.55. The van der Waals surface area contributed by atoms with Crippen molar-refractivity contribution in [2.24, 2.45) is 5.73 Å². The van der Waals surface area contributed by atoms with E-state index in [9.17, 15) is 4.79 Å². The Labute approximate surface area is 109 Å². The predicted molar refractivity (Wildman–Crippen MR) is 70.8 cm³/mol. The van der Waals surface area contributed by atoms with Gasteiger partial charge in [0.05, 0.1) is 12.1 Å². The molecular formula is C12H24N4O2. The van der Waals surface area contributed by atoms with Gasteiger partial charge in [-0.2, -0.15) is 0 Å². The number of hydrogen-bond donors (Lipinski definition) is 2. The third-order valence-corrected chi connectivity index (χ3v) is 3.10. The average Bonchev–Trinajstić information content (AvgIpc) is 2.29. The Balaban J connectivity index is 2.45. The summed E-state index contributed by atoms with van der Waals surface area (Å²) >= 11 is 0. The largest absolute Gasteiger partial charge is 0.447 e. The molecular weight excluding hydrogens is 232 g/mol. The van der Waals surface area contributed by atoms with Crippen LogP contribution < -0.4 is 5.73 Å². The van der Waals surface area contributed by atoms with Crippen molar-refractivity contribution in [1.82, 2.24) is 9.80 Å². The van der Waals surface area contributed by atoms with Crippen LogP contribution in [0.25, 0.3) is 0 Å². The summed E-state index contributed by atoms with van der Waals surface area (Å²) in [6, 6.07) is -0.00623. The Kier molecular flexibility index (Phi) is 5.40. The van der Waals surface area contributed by atoms with E-state index in [4.69, 9.17) is 15.9 Å². The molecule has 1 rings (SSSR count). The molecule has 1 saturated heterocycles. The Morgan fingerprint density at radius 1 is 1.33 bits per heavy atom. The van der Waals surface area contributed by atoms with Crippen molar-refractivity contribution in [2.45, 2.75) is 39.3 Å². The van der Waals surface area contributed by atoms with Crippen LogP contribution in [0, 0.1) is 5.41 Å². The molecule has 1 atom stereocenters. The fraction of sp³-hybridized carbons (Fsp3) is 0.833. The predicted octanol–water partition coefficient (Wildman–Crippen LogP) is 0.864. The van der Waals surface area contributed by atoms with Gasteiger partial charge < -0.3 is 15.4 Å². The first-order chi connectivity index (χ1) is 8.45. The number of piperazine rings is 1. The van der Waals surface area contributed by atoms with Crippen LogP contribution in [0.3, 0.4) is 0 Å². The molecule has 104 valence electrons. The van der Waals surface area contributed by atoms with E-state index in [2.05, 4.69) is 4.90 Å². The highest BCUT2D eigenvalue weighted by Gasteiger charge is 2.27. The molecule has 1 fully saturated rings. The lowest BCUT2D eigenvalue weighted by molar-refractivity contribution is 0.0534. The third-order valence-electron chi connectivity index (χ3n) is 3.10. The minimum atomic E-state index is -0.250. The molecule has 0 aromatic carbocycles. The van der Waals surface area contributed by atoms with Gasteiger partial charge in [-0.05, 0) is 20.3 Å². The number of amidine groups is 1. The molecule has 0 spiro atoms. The number of nitrogens with one attached hydrogen (secondary N) is 1. The molecule has 1 amide bonds. The molecule has 0 saturated carbocycles. The first kappa shape index (κ1) is 14.8. The Morgan fingerprint density at radius 2 is 1.89 bits per heavy atom. The number of carbonyl (C=O) groups is 1. The standard InChI is InChI=1S/C12H24N4O2/c1-4-10(11(13)14)15-5-7-16(8-6-15)12(17)18-9(2)3/h9-10H,4-8H2,1-3H3,(H3,13,14). The van der Waals surface area contributed by atoms with Crippen LogP contribution >= 0.6 is 0 Å². The number of ether oxygens (including phenoxy) is 1.